The van der Waals surface area contributed by atoms with E-state index in [1.165, 1.54) is 11.8 Å². The van der Waals surface area contributed by atoms with Gasteiger partial charge >= 0.3 is 0 Å². The predicted molar refractivity (Wildman–Crippen MR) is 258 cm³/mol. The van der Waals surface area contributed by atoms with Crippen molar-refractivity contribution < 1.29 is 80.8 Å². The Labute approximate surface area is 419 Å². The number of hydrogen-bond donors (Lipinski definition) is 15. The first-order valence-corrected chi connectivity index (χ1v) is 24.4. The fourth-order valence-electron chi connectivity index (χ4n) is 9.74. The summed E-state index contributed by atoms with van der Waals surface area (Å²) in [5, 5.41) is 71.5. The fourth-order valence-corrected chi connectivity index (χ4v) is 10.7. The van der Waals surface area contributed by atoms with Crippen LogP contribution in [0.15, 0.2) is 60.7 Å². The predicted octanol–water partition coefficient (Wildman–Crippen LogP) is -7.76. The number of amides is 1. The number of aliphatic hydroxyl groups excluding tert-OH is 6. The second-order valence-electron chi connectivity index (χ2n) is 18.5. The number of hydrogen-bond acceptors (Lipinski definition) is 22. The van der Waals surface area contributed by atoms with Crippen molar-refractivity contribution in [2.75, 3.05) is 42.6 Å². The Hall–Kier alpha value is -3.68. The quantitative estimate of drug-likeness (QED) is 0.0228. The Balaban J connectivity index is 0.00000741. The van der Waals surface area contributed by atoms with Crippen molar-refractivity contribution in [1.29, 1.82) is 0 Å². The third-order valence-electron chi connectivity index (χ3n) is 13.7. The molecule has 0 spiro atoms. The van der Waals surface area contributed by atoms with Crippen molar-refractivity contribution in [3.8, 4) is 11.3 Å². The van der Waals surface area contributed by atoms with Crippen molar-refractivity contribution >= 4 is 50.7 Å². The molecule has 1 aromatic heterocycles. The summed E-state index contributed by atoms with van der Waals surface area (Å²) in [7, 11) is 1.96. The fraction of sp³-hybridized carbons (Fsp3) is 0.565. The first kappa shape index (κ1) is 55.1. The largest absolute Gasteiger partial charge is 1.00 e. The van der Waals surface area contributed by atoms with Crippen LogP contribution in [0.1, 0.15) is 16.8 Å². The number of thioether (sulfide) groups is 1. The summed E-state index contributed by atoms with van der Waals surface area (Å²) in [6.07, 6.45) is -19.8. The van der Waals surface area contributed by atoms with Crippen LogP contribution < -0.4 is 68.2 Å². The molecule has 392 valence electrons. The molecule has 4 aromatic rings. The summed E-state index contributed by atoms with van der Waals surface area (Å²) in [6, 6.07) is 14.5. The van der Waals surface area contributed by atoms with E-state index < -0.39 is 116 Å². The van der Waals surface area contributed by atoms with Crippen LogP contribution >= 0.6 is 11.8 Å². The third kappa shape index (κ3) is 11.2. The van der Waals surface area contributed by atoms with Gasteiger partial charge in [0.15, 0.2) is 18.9 Å². The van der Waals surface area contributed by atoms with E-state index in [1.807, 2.05) is 55.6 Å². The lowest BCUT2D eigenvalue weighted by Crippen LogP contribution is -3.00. The molecule has 8 rings (SSSR count). The maximum atomic E-state index is 13.4. The number of fused-ring (bicyclic) bond motifs is 3. The number of pyridine rings is 1. The van der Waals surface area contributed by atoms with Gasteiger partial charge in [0.1, 0.15) is 68.1 Å². The SMILES string of the molecule is C[n+]1c(-c2ccc(C(=O)NCCSC[C@H]3O[C@@H](O[C@@H]4[C@@H](O)[C@H](N)C[C@H](N)[C@H]4O[C@H]4O[C@H](CN)[C@@H](O)[C@H](O)[C@H]4N)[C@H](O)[C@@H]3O[C@H]3O[C@@H](CN)[C@@H](O)[C@H](O)[C@H]3N)cc2)c2cc(N)ccc2c2ccc(N)cc21.[Cl-]. The normalized spacial score (nSPS) is 36.4. The summed E-state index contributed by atoms with van der Waals surface area (Å²) < 4.78 is 38.7. The Morgan fingerprint density at radius 2 is 1.21 bits per heavy atom. The summed E-state index contributed by atoms with van der Waals surface area (Å²) in [4.78, 5) is 13.4. The molecule has 4 aliphatic rings. The number of ether oxygens (including phenoxy) is 6. The van der Waals surface area contributed by atoms with E-state index in [0.717, 1.165) is 32.9 Å². The number of carbonyl (C=O) groups is 1. The number of nitrogens with two attached hydrogens (primary N) is 8. The summed E-state index contributed by atoms with van der Waals surface area (Å²) in [6.45, 7) is -0.118. The summed E-state index contributed by atoms with van der Waals surface area (Å²) in [5.41, 5.74) is 53.6. The molecule has 4 heterocycles. The van der Waals surface area contributed by atoms with Crippen molar-refractivity contribution in [3.05, 3.63) is 66.2 Å². The second-order valence-corrected chi connectivity index (χ2v) is 19.6. The van der Waals surface area contributed by atoms with E-state index in [1.54, 1.807) is 12.1 Å². The number of carbonyl (C=O) groups excluding carboxylic acids is 1. The standard InChI is InChI=1S/C46H66N10O13S.ClH/c1-56-27-13-21(50)7-9-23(27)22-8-6-20(49)12-24(22)33(56)18-2-4-19(5-3-18)43(63)55-10-11-70-17-30-41(68-45-32(54)38(61)36(59)29(16-48)65-45)39(62)46(66-30)69-42-34(57)25(51)14-26(52)40(42)67-44-31(53)37(60)35(58)28(15-47)64-44;/h2-9,12-13,25-26,28-32,34-42,44-46,50,57-62H,10-11,14-17,47-48,51-54H2,1H3,(H3,49,55,63);1H/t25-,26+,28-,29+,30-,31-,32-,34+,35-,36-,37-,38-,39-,40-,41-,42-,44-,45-,46+;/m1./s1. The van der Waals surface area contributed by atoms with Crippen LogP contribution in [0.5, 0.6) is 0 Å². The number of benzene rings is 3. The number of nitrogen functional groups attached to an aromatic ring is 2. The number of halogens is 1. The third-order valence-corrected chi connectivity index (χ3v) is 14.8. The van der Waals surface area contributed by atoms with E-state index in [4.69, 9.17) is 74.3 Å². The van der Waals surface area contributed by atoms with Gasteiger partial charge in [-0.25, -0.2) is 0 Å². The number of aromatic nitrogens is 1. The van der Waals surface area contributed by atoms with Gasteiger partial charge < -0.3 is 123 Å². The molecule has 1 amide bonds. The van der Waals surface area contributed by atoms with Gasteiger partial charge in [0.05, 0.1) is 35.1 Å². The molecule has 71 heavy (non-hydrogen) atoms. The molecule has 3 aromatic carbocycles. The zero-order chi connectivity index (χ0) is 50.3. The number of nitrogens with zero attached hydrogens (tertiary/aromatic N) is 1. The van der Waals surface area contributed by atoms with Gasteiger partial charge in [-0.3, -0.25) is 4.79 Å². The van der Waals surface area contributed by atoms with Crippen LogP contribution in [0.4, 0.5) is 11.4 Å². The number of aliphatic hydroxyl groups is 6. The van der Waals surface area contributed by atoms with Gasteiger partial charge in [0.2, 0.25) is 11.2 Å². The molecule has 1 aliphatic carbocycles. The summed E-state index contributed by atoms with van der Waals surface area (Å²) in [5.74, 6) is 0.235. The zero-order valence-electron chi connectivity index (χ0n) is 38.9. The lowest BCUT2D eigenvalue weighted by molar-refractivity contribution is -0.632. The van der Waals surface area contributed by atoms with Crippen LogP contribution in [-0.4, -0.2) is 184 Å². The van der Waals surface area contributed by atoms with Crippen LogP contribution in [0.3, 0.4) is 0 Å². The molecule has 23 nitrogen and oxygen atoms in total. The van der Waals surface area contributed by atoms with E-state index >= 15 is 0 Å². The molecule has 3 saturated heterocycles. The van der Waals surface area contributed by atoms with Crippen molar-refractivity contribution in [2.24, 2.45) is 41.4 Å². The van der Waals surface area contributed by atoms with Gasteiger partial charge in [-0.2, -0.15) is 16.3 Å². The monoisotopic (exact) mass is 1030 g/mol. The van der Waals surface area contributed by atoms with Crippen molar-refractivity contribution in [3.63, 3.8) is 0 Å². The Kier molecular flexibility index (Phi) is 18.0. The lowest BCUT2D eigenvalue weighted by atomic mass is 9.84. The van der Waals surface area contributed by atoms with Crippen molar-refractivity contribution in [1.82, 2.24) is 5.32 Å². The first-order chi connectivity index (χ1) is 33.4. The first-order valence-electron chi connectivity index (χ1n) is 23.2. The Morgan fingerprint density at radius 1 is 0.662 bits per heavy atom. The minimum absolute atomic E-state index is 0. The number of aryl methyl sites for hydroxylation is 1. The van der Waals surface area contributed by atoms with Gasteiger partial charge in [-0.05, 0) is 55.0 Å². The number of anilines is 2. The number of rotatable bonds is 15. The molecule has 25 heteroatoms. The maximum Gasteiger partial charge on any atom is 0.251 e. The molecule has 3 aliphatic heterocycles. The molecule has 0 bridgehead atoms. The Morgan fingerprint density at radius 3 is 1.82 bits per heavy atom. The summed E-state index contributed by atoms with van der Waals surface area (Å²) >= 11 is 1.36. The average Bonchev–Trinajstić information content (AvgIpc) is 3.63. The highest BCUT2D eigenvalue weighted by Crippen LogP contribution is 2.37. The second kappa shape index (κ2) is 23.3. The molecule has 1 saturated carbocycles. The van der Waals surface area contributed by atoms with Gasteiger partial charge in [0, 0.05) is 77.2 Å². The molecule has 0 radical (unpaired) electrons. The highest BCUT2D eigenvalue weighted by atomic mass is 35.5. The molecular formula is C46H67ClN10O13S. The van der Waals surface area contributed by atoms with Crippen LogP contribution in [0.25, 0.3) is 32.9 Å². The molecule has 19 atom stereocenters. The topological polar surface area (TPSA) is 418 Å². The van der Waals surface area contributed by atoms with Gasteiger partial charge in [-0.1, -0.05) is 6.07 Å². The minimum atomic E-state index is -1.59. The highest BCUT2D eigenvalue weighted by Gasteiger charge is 2.54. The molecule has 4 fully saturated rings. The van der Waals surface area contributed by atoms with Gasteiger partial charge in [-0.15, -0.1) is 0 Å². The Bertz CT molecular complexity index is 2460. The zero-order valence-corrected chi connectivity index (χ0v) is 40.5. The van der Waals surface area contributed by atoms with E-state index in [0.29, 0.717) is 22.7 Å². The smallest absolute Gasteiger partial charge is 0.251 e. The van der Waals surface area contributed by atoms with Crippen LogP contribution in [0, 0.1) is 0 Å². The average molecular weight is 1040 g/mol. The number of nitrogens with one attached hydrogen (secondary N) is 1. The van der Waals surface area contributed by atoms with Gasteiger partial charge in [0.25, 0.3) is 5.91 Å². The maximum absolute atomic E-state index is 13.4. The van der Waals surface area contributed by atoms with E-state index in [-0.39, 0.29) is 50.1 Å². The molecule has 23 N–H and O–H groups in total. The lowest BCUT2D eigenvalue weighted by Gasteiger charge is -2.47. The highest BCUT2D eigenvalue weighted by molar-refractivity contribution is 7.99. The van der Waals surface area contributed by atoms with E-state index in [9.17, 15) is 35.4 Å². The van der Waals surface area contributed by atoms with Crippen LogP contribution in [-0.2, 0) is 35.5 Å². The minimum Gasteiger partial charge on any atom is -1.00 e. The molecular weight excluding hydrogens is 968 g/mol. The van der Waals surface area contributed by atoms with E-state index in [2.05, 4.69) is 9.88 Å². The molecule has 0 unspecified atom stereocenters. The van der Waals surface area contributed by atoms with Crippen molar-refractivity contribution in [2.45, 2.75) is 123 Å². The van der Waals surface area contributed by atoms with Crippen LogP contribution in [0.2, 0.25) is 0 Å².